The largest absolute Gasteiger partial charge is 0.409 e. The van der Waals surface area contributed by atoms with E-state index in [0.717, 1.165) is 36.5 Å². The van der Waals surface area contributed by atoms with Crippen molar-refractivity contribution in [1.82, 2.24) is 19.3 Å². The Morgan fingerprint density at radius 2 is 2.15 bits per heavy atom. The lowest BCUT2D eigenvalue weighted by Gasteiger charge is -2.15. The summed E-state index contributed by atoms with van der Waals surface area (Å²) in [5, 5.41) is 16.5. The maximum atomic E-state index is 8.98. The smallest absolute Gasteiger partial charge is 0.175 e. The monoisotopic (exact) mass is 274 g/mol. The number of amidine groups is 1. The summed E-state index contributed by atoms with van der Waals surface area (Å²) in [6, 6.07) is 0. The van der Waals surface area contributed by atoms with E-state index in [1.807, 2.05) is 18.5 Å². The van der Waals surface area contributed by atoms with E-state index in [-0.39, 0.29) is 5.84 Å². The number of nitrogens with two attached hydrogens (primary N) is 1. The molecule has 0 aromatic carbocycles. The first-order valence-corrected chi connectivity index (χ1v) is 6.70. The van der Waals surface area contributed by atoms with Crippen LogP contribution in [0.2, 0.25) is 0 Å². The molecule has 0 saturated heterocycles. The molecule has 3 rings (SSSR count). The summed E-state index contributed by atoms with van der Waals surface area (Å²) in [5.41, 5.74) is 9.53. The van der Waals surface area contributed by atoms with Crippen molar-refractivity contribution in [2.24, 2.45) is 17.9 Å². The molecular formula is C13H18N6O. The predicted octanol–water partition coefficient (Wildman–Crippen LogP) is 0.888. The lowest BCUT2D eigenvalue weighted by molar-refractivity contribution is 0.318. The average Bonchev–Trinajstić information content (AvgIpc) is 2.98. The number of imidazole rings is 1. The molecule has 0 unspecified atom stereocenters. The molecule has 0 saturated carbocycles. The van der Waals surface area contributed by atoms with Crippen LogP contribution in [0.15, 0.2) is 11.5 Å². The fourth-order valence-corrected chi connectivity index (χ4v) is 2.92. The highest BCUT2D eigenvalue weighted by molar-refractivity contribution is 6.01. The standard InChI is InChI=1S/C13H18N6O/c1-8-11(12(14)17-20)13(18(2)16-8)19-7-15-9-5-3-4-6-10(9)19/h7,20H,3-6H2,1-2H3,(H2,14,17). The Kier molecular flexibility index (Phi) is 2.96. The number of fused-ring (bicyclic) bond motifs is 1. The number of hydrogen-bond donors (Lipinski definition) is 2. The van der Waals surface area contributed by atoms with Crippen molar-refractivity contribution in [2.45, 2.75) is 32.6 Å². The highest BCUT2D eigenvalue weighted by Crippen LogP contribution is 2.25. The second-order valence-corrected chi connectivity index (χ2v) is 5.11. The van der Waals surface area contributed by atoms with Crippen molar-refractivity contribution in [3.63, 3.8) is 0 Å². The van der Waals surface area contributed by atoms with Crippen LogP contribution in [0, 0.1) is 6.92 Å². The summed E-state index contributed by atoms with van der Waals surface area (Å²) in [5.74, 6) is 0.873. The van der Waals surface area contributed by atoms with Crippen LogP contribution in [-0.4, -0.2) is 30.4 Å². The maximum Gasteiger partial charge on any atom is 0.175 e. The van der Waals surface area contributed by atoms with Gasteiger partial charge in [0.15, 0.2) is 5.84 Å². The molecule has 0 atom stereocenters. The summed E-state index contributed by atoms with van der Waals surface area (Å²) in [6.45, 7) is 1.85. The molecule has 20 heavy (non-hydrogen) atoms. The maximum absolute atomic E-state index is 8.98. The van der Waals surface area contributed by atoms with E-state index in [1.54, 1.807) is 11.0 Å². The first-order valence-electron chi connectivity index (χ1n) is 6.70. The molecule has 0 amide bonds. The zero-order chi connectivity index (χ0) is 14.3. The van der Waals surface area contributed by atoms with Crippen molar-refractivity contribution >= 4 is 5.84 Å². The summed E-state index contributed by atoms with van der Waals surface area (Å²) in [7, 11) is 1.85. The summed E-state index contributed by atoms with van der Waals surface area (Å²) >= 11 is 0. The van der Waals surface area contributed by atoms with Gasteiger partial charge in [-0.1, -0.05) is 5.16 Å². The van der Waals surface area contributed by atoms with Crippen molar-refractivity contribution in [3.8, 4) is 5.82 Å². The lowest BCUT2D eigenvalue weighted by atomic mass is 10.0. The van der Waals surface area contributed by atoms with Crippen LogP contribution in [0.5, 0.6) is 0 Å². The third-order valence-corrected chi connectivity index (χ3v) is 3.81. The quantitative estimate of drug-likeness (QED) is 0.368. The number of aromatic nitrogens is 4. The Hall–Kier alpha value is -2.31. The van der Waals surface area contributed by atoms with Crippen LogP contribution >= 0.6 is 0 Å². The van der Waals surface area contributed by atoms with Crippen LogP contribution in [0.1, 0.15) is 35.5 Å². The van der Waals surface area contributed by atoms with Crippen LogP contribution < -0.4 is 5.73 Å². The van der Waals surface area contributed by atoms with Crippen molar-refractivity contribution < 1.29 is 5.21 Å². The molecule has 2 heterocycles. The third-order valence-electron chi connectivity index (χ3n) is 3.81. The molecule has 7 nitrogen and oxygen atoms in total. The zero-order valence-electron chi connectivity index (χ0n) is 11.7. The molecule has 0 bridgehead atoms. The van der Waals surface area contributed by atoms with Crippen LogP contribution in [0.3, 0.4) is 0 Å². The highest BCUT2D eigenvalue weighted by Gasteiger charge is 2.23. The lowest BCUT2D eigenvalue weighted by Crippen LogP contribution is -2.18. The Morgan fingerprint density at radius 3 is 2.90 bits per heavy atom. The molecule has 0 fully saturated rings. The van der Waals surface area contributed by atoms with Gasteiger partial charge in [0.25, 0.3) is 0 Å². The molecule has 7 heteroatoms. The molecule has 3 N–H and O–H groups in total. The molecule has 1 aliphatic carbocycles. The highest BCUT2D eigenvalue weighted by atomic mass is 16.4. The average molecular weight is 274 g/mol. The van der Waals surface area contributed by atoms with Gasteiger partial charge in [-0.05, 0) is 32.6 Å². The van der Waals surface area contributed by atoms with Crippen LogP contribution in [0.25, 0.3) is 5.82 Å². The van der Waals surface area contributed by atoms with E-state index in [2.05, 4.69) is 15.2 Å². The number of rotatable bonds is 2. The minimum Gasteiger partial charge on any atom is -0.409 e. The van der Waals surface area contributed by atoms with Gasteiger partial charge >= 0.3 is 0 Å². The molecule has 0 spiro atoms. The fraction of sp³-hybridized carbons (Fsp3) is 0.462. The Balaban J connectivity index is 2.22. The van der Waals surface area contributed by atoms with E-state index < -0.39 is 0 Å². The third kappa shape index (κ3) is 1.77. The van der Waals surface area contributed by atoms with Crippen molar-refractivity contribution in [3.05, 3.63) is 29.0 Å². The predicted molar refractivity (Wildman–Crippen MR) is 74.2 cm³/mol. The topological polar surface area (TPSA) is 94.2 Å². The number of hydrogen-bond acceptors (Lipinski definition) is 4. The number of aryl methyl sites for hydroxylation is 3. The van der Waals surface area contributed by atoms with Gasteiger partial charge in [0.1, 0.15) is 12.1 Å². The fourth-order valence-electron chi connectivity index (χ4n) is 2.92. The van der Waals surface area contributed by atoms with Gasteiger partial charge < -0.3 is 10.9 Å². The second-order valence-electron chi connectivity index (χ2n) is 5.11. The van der Waals surface area contributed by atoms with Gasteiger partial charge in [0.2, 0.25) is 0 Å². The first-order chi connectivity index (χ1) is 9.63. The van der Waals surface area contributed by atoms with E-state index in [4.69, 9.17) is 10.9 Å². The van der Waals surface area contributed by atoms with E-state index in [9.17, 15) is 0 Å². The number of oxime groups is 1. The van der Waals surface area contributed by atoms with Gasteiger partial charge in [-0.2, -0.15) is 5.10 Å². The van der Waals surface area contributed by atoms with Crippen molar-refractivity contribution in [2.75, 3.05) is 0 Å². The minimum atomic E-state index is 0.0730. The Labute approximate surface area is 116 Å². The SMILES string of the molecule is Cc1nn(C)c(-n2cnc3c2CCCC3)c1C(N)=NO. The molecular weight excluding hydrogens is 256 g/mol. The summed E-state index contributed by atoms with van der Waals surface area (Å²) in [6.07, 6.45) is 6.16. The molecule has 2 aromatic rings. The second kappa shape index (κ2) is 4.66. The van der Waals surface area contributed by atoms with Crippen molar-refractivity contribution in [1.29, 1.82) is 0 Å². The summed E-state index contributed by atoms with van der Waals surface area (Å²) < 4.78 is 3.77. The minimum absolute atomic E-state index is 0.0730. The molecule has 0 radical (unpaired) electrons. The molecule has 2 aromatic heterocycles. The van der Waals surface area contributed by atoms with Crippen LogP contribution in [-0.2, 0) is 19.9 Å². The van der Waals surface area contributed by atoms with Gasteiger partial charge in [-0.25, -0.2) is 4.98 Å². The van der Waals surface area contributed by atoms with Gasteiger partial charge in [0.05, 0.1) is 17.0 Å². The summed E-state index contributed by atoms with van der Waals surface area (Å²) in [4.78, 5) is 4.49. The number of nitrogens with zero attached hydrogens (tertiary/aromatic N) is 5. The molecule has 106 valence electrons. The van der Waals surface area contributed by atoms with Gasteiger partial charge in [0, 0.05) is 12.7 Å². The van der Waals surface area contributed by atoms with E-state index in [1.165, 1.54) is 12.1 Å². The van der Waals surface area contributed by atoms with E-state index in [0.29, 0.717) is 5.56 Å². The molecule has 1 aliphatic rings. The zero-order valence-corrected chi connectivity index (χ0v) is 11.7. The first kappa shape index (κ1) is 12.7. The molecule has 0 aliphatic heterocycles. The van der Waals surface area contributed by atoms with Gasteiger partial charge in [-0.15, -0.1) is 0 Å². The Bertz CT molecular complexity index is 681. The van der Waals surface area contributed by atoms with E-state index >= 15 is 0 Å². The van der Waals surface area contributed by atoms with Gasteiger partial charge in [-0.3, -0.25) is 9.25 Å². The Morgan fingerprint density at radius 1 is 1.40 bits per heavy atom. The van der Waals surface area contributed by atoms with Crippen LogP contribution in [0.4, 0.5) is 0 Å². The normalized spacial score (nSPS) is 15.4.